The summed E-state index contributed by atoms with van der Waals surface area (Å²) in [6.45, 7) is 3.51. The van der Waals surface area contributed by atoms with Gasteiger partial charge in [-0.2, -0.15) is 0 Å². The molecule has 0 aromatic heterocycles. The lowest BCUT2D eigenvalue weighted by Crippen LogP contribution is -2.26. The minimum atomic E-state index is -0.307. The fraction of sp³-hybridized carbons (Fsp3) is 0.300. The normalized spacial score (nSPS) is 10.3. The Bertz CT molecular complexity index is 795. The molecule has 0 heterocycles. The van der Waals surface area contributed by atoms with Gasteiger partial charge in [0.25, 0.3) is 11.8 Å². The molecule has 0 radical (unpaired) electrons. The third kappa shape index (κ3) is 6.08. The first-order chi connectivity index (χ1) is 13.1. The molecule has 0 aliphatic heterocycles. The molecule has 6 nitrogen and oxygen atoms in total. The second-order valence-electron chi connectivity index (χ2n) is 5.68. The molecule has 27 heavy (non-hydrogen) atoms. The van der Waals surface area contributed by atoms with Gasteiger partial charge in [0.2, 0.25) is 0 Å². The maximum Gasteiger partial charge on any atom is 0.255 e. The number of nitrogens with one attached hydrogen (secondary N) is 2. The largest absolute Gasteiger partial charge is 0.493 e. The van der Waals surface area contributed by atoms with Crippen molar-refractivity contribution in [1.82, 2.24) is 5.32 Å². The molecule has 0 unspecified atom stereocenters. The fourth-order valence-corrected chi connectivity index (χ4v) is 2.91. The van der Waals surface area contributed by atoms with Crippen LogP contribution in [0.2, 0.25) is 0 Å². The number of anilines is 1. The lowest BCUT2D eigenvalue weighted by atomic mass is 10.1. The highest BCUT2D eigenvalue weighted by atomic mass is 79.9. The van der Waals surface area contributed by atoms with Gasteiger partial charge in [-0.25, -0.2) is 0 Å². The van der Waals surface area contributed by atoms with E-state index < -0.39 is 0 Å². The van der Waals surface area contributed by atoms with Crippen LogP contribution in [-0.2, 0) is 4.74 Å². The molecule has 2 N–H and O–H groups in total. The van der Waals surface area contributed by atoms with E-state index in [9.17, 15) is 9.59 Å². The summed E-state index contributed by atoms with van der Waals surface area (Å²) in [5.74, 6) is 0.123. The molecular weight excluding hydrogens is 412 g/mol. The summed E-state index contributed by atoms with van der Waals surface area (Å²) in [4.78, 5) is 25.0. The van der Waals surface area contributed by atoms with Crippen LogP contribution >= 0.6 is 15.9 Å². The molecule has 0 spiro atoms. The third-order valence-corrected chi connectivity index (χ3v) is 4.34. The topological polar surface area (TPSA) is 76.7 Å². The van der Waals surface area contributed by atoms with E-state index in [1.54, 1.807) is 49.6 Å². The number of carbonyl (C=O) groups is 2. The van der Waals surface area contributed by atoms with E-state index in [1.807, 2.05) is 6.92 Å². The van der Waals surface area contributed by atoms with Gasteiger partial charge in [0.15, 0.2) is 0 Å². The Morgan fingerprint density at radius 1 is 1.11 bits per heavy atom. The molecule has 0 aliphatic carbocycles. The summed E-state index contributed by atoms with van der Waals surface area (Å²) in [6, 6.07) is 12.0. The highest BCUT2D eigenvalue weighted by Crippen LogP contribution is 2.26. The van der Waals surface area contributed by atoms with Crippen molar-refractivity contribution in [1.29, 1.82) is 0 Å². The molecule has 2 aromatic rings. The number of benzene rings is 2. The maximum absolute atomic E-state index is 12.6. The Morgan fingerprint density at radius 3 is 2.59 bits per heavy atom. The molecular formula is C20H23BrN2O4. The Morgan fingerprint density at radius 2 is 1.89 bits per heavy atom. The number of hydrogen-bond donors (Lipinski definition) is 2. The van der Waals surface area contributed by atoms with E-state index in [4.69, 9.17) is 9.47 Å². The Balaban J connectivity index is 2.09. The van der Waals surface area contributed by atoms with Crippen molar-refractivity contribution in [3.8, 4) is 5.75 Å². The van der Waals surface area contributed by atoms with Gasteiger partial charge in [0.1, 0.15) is 5.75 Å². The second kappa shape index (κ2) is 10.7. The zero-order chi connectivity index (χ0) is 19.6. The summed E-state index contributed by atoms with van der Waals surface area (Å²) < 4.78 is 11.1. The second-order valence-corrected chi connectivity index (χ2v) is 6.53. The van der Waals surface area contributed by atoms with Gasteiger partial charge < -0.3 is 20.1 Å². The van der Waals surface area contributed by atoms with Crippen molar-refractivity contribution >= 4 is 33.4 Å². The maximum atomic E-state index is 12.6. The fourth-order valence-electron chi connectivity index (χ4n) is 2.41. The van der Waals surface area contributed by atoms with E-state index in [-0.39, 0.29) is 11.8 Å². The molecule has 0 fully saturated rings. The molecule has 0 saturated heterocycles. The summed E-state index contributed by atoms with van der Waals surface area (Å²) in [7, 11) is 1.62. The predicted molar refractivity (Wildman–Crippen MR) is 109 cm³/mol. The molecule has 7 heteroatoms. The van der Waals surface area contributed by atoms with Gasteiger partial charge in [0.05, 0.1) is 22.3 Å². The molecule has 2 rings (SSSR count). The van der Waals surface area contributed by atoms with Crippen LogP contribution < -0.4 is 15.4 Å². The first kappa shape index (κ1) is 20.9. The number of halogens is 1. The minimum absolute atomic E-state index is 0.241. The highest BCUT2D eigenvalue weighted by Gasteiger charge is 2.15. The van der Waals surface area contributed by atoms with E-state index in [2.05, 4.69) is 26.6 Å². The summed E-state index contributed by atoms with van der Waals surface area (Å²) in [5, 5.41) is 5.63. The van der Waals surface area contributed by atoms with Gasteiger partial charge >= 0.3 is 0 Å². The number of methoxy groups -OCH3 is 1. The third-order valence-electron chi connectivity index (χ3n) is 3.72. The van der Waals surface area contributed by atoms with E-state index in [1.165, 1.54) is 0 Å². The van der Waals surface area contributed by atoms with Gasteiger partial charge in [0, 0.05) is 25.8 Å². The van der Waals surface area contributed by atoms with Crippen LogP contribution in [0.15, 0.2) is 46.9 Å². The Hall–Kier alpha value is -2.38. The van der Waals surface area contributed by atoms with Crippen molar-refractivity contribution in [3.05, 3.63) is 58.1 Å². The van der Waals surface area contributed by atoms with Crippen LogP contribution in [0.1, 0.15) is 34.1 Å². The quantitative estimate of drug-likeness (QED) is 0.587. The molecule has 0 aliphatic rings. The zero-order valence-corrected chi connectivity index (χ0v) is 17.0. The number of para-hydroxylation sites is 1. The summed E-state index contributed by atoms with van der Waals surface area (Å²) in [6.07, 6.45) is 0.719. The average Bonchev–Trinajstić information content (AvgIpc) is 2.67. The van der Waals surface area contributed by atoms with E-state index >= 15 is 0 Å². The predicted octanol–water partition coefficient (Wildman–Crippen LogP) is 3.87. The Labute approximate surface area is 167 Å². The van der Waals surface area contributed by atoms with Gasteiger partial charge in [-0.15, -0.1) is 0 Å². The van der Waals surface area contributed by atoms with Gasteiger partial charge in [-0.3, -0.25) is 9.59 Å². The van der Waals surface area contributed by atoms with Crippen LogP contribution in [0, 0.1) is 0 Å². The van der Waals surface area contributed by atoms with E-state index in [0.717, 1.165) is 6.42 Å². The molecule has 0 saturated carbocycles. The Kier molecular flexibility index (Phi) is 8.29. The molecule has 2 amide bonds. The molecule has 0 atom stereocenters. The molecule has 144 valence electrons. The minimum Gasteiger partial charge on any atom is -0.493 e. The molecule has 0 bridgehead atoms. The number of ether oxygens (including phenoxy) is 2. The van der Waals surface area contributed by atoms with Crippen LogP contribution in [-0.4, -0.2) is 38.7 Å². The number of carbonyl (C=O) groups excluding carboxylic acids is 2. The van der Waals surface area contributed by atoms with Gasteiger partial charge in [-0.1, -0.05) is 12.1 Å². The van der Waals surface area contributed by atoms with Crippen molar-refractivity contribution in [2.45, 2.75) is 13.3 Å². The first-order valence-corrected chi connectivity index (χ1v) is 9.46. The van der Waals surface area contributed by atoms with Crippen molar-refractivity contribution in [2.75, 3.05) is 32.2 Å². The van der Waals surface area contributed by atoms with Crippen LogP contribution in [0.3, 0.4) is 0 Å². The smallest absolute Gasteiger partial charge is 0.255 e. The zero-order valence-electron chi connectivity index (χ0n) is 15.4. The van der Waals surface area contributed by atoms with Crippen molar-refractivity contribution in [2.24, 2.45) is 0 Å². The number of rotatable bonds is 9. The summed E-state index contributed by atoms with van der Waals surface area (Å²) in [5.41, 5.74) is 1.32. The van der Waals surface area contributed by atoms with Gasteiger partial charge in [-0.05, 0) is 59.6 Å². The number of hydrogen-bond acceptors (Lipinski definition) is 4. The summed E-state index contributed by atoms with van der Waals surface area (Å²) >= 11 is 3.40. The first-order valence-electron chi connectivity index (χ1n) is 8.66. The lowest BCUT2D eigenvalue weighted by molar-refractivity contribution is 0.0949. The number of amides is 2. The van der Waals surface area contributed by atoms with Crippen LogP contribution in [0.25, 0.3) is 0 Å². The van der Waals surface area contributed by atoms with E-state index in [0.29, 0.717) is 46.8 Å². The molecule has 2 aromatic carbocycles. The monoisotopic (exact) mass is 434 g/mol. The average molecular weight is 435 g/mol. The SMILES string of the molecule is CCOc1ccc(C(=O)Nc2ccccc2C(=O)NCCCOC)cc1Br. The highest BCUT2D eigenvalue weighted by molar-refractivity contribution is 9.10. The van der Waals surface area contributed by atoms with Crippen LogP contribution in [0.5, 0.6) is 5.75 Å². The lowest BCUT2D eigenvalue weighted by Gasteiger charge is -2.12. The van der Waals surface area contributed by atoms with Crippen molar-refractivity contribution < 1.29 is 19.1 Å². The standard InChI is InChI=1S/C20H23BrN2O4/c1-3-27-18-10-9-14(13-16(18)21)19(24)23-17-8-5-4-7-15(17)20(25)22-11-6-12-26-2/h4-5,7-10,13H,3,6,11-12H2,1-2H3,(H,22,25)(H,23,24). The van der Waals surface area contributed by atoms with Crippen LogP contribution in [0.4, 0.5) is 5.69 Å². The van der Waals surface area contributed by atoms with Crippen molar-refractivity contribution in [3.63, 3.8) is 0 Å².